The van der Waals surface area contributed by atoms with Crippen LogP contribution in [-0.4, -0.2) is 24.8 Å². The lowest BCUT2D eigenvalue weighted by Crippen LogP contribution is -2.14. The van der Waals surface area contributed by atoms with Crippen LogP contribution in [0.5, 0.6) is 0 Å². The van der Waals surface area contributed by atoms with Crippen molar-refractivity contribution in [2.45, 2.75) is 20.3 Å². The molecule has 0 N–H and O–H groups in total. The van der Waals surface area contributed by atoms with E-state index >= 15 is 0 Å². The molecule has 0 spiro atoms. The molecule has 0 aliphatic carbocycles. The molecular weight excluding hydrogens is 318 g/mol. The smallest absolute Gasteiger partial charge is 0.159 e. The summed E-state index contributed by atoms with van der Waals surface area (Å²) in [5.74, 6) is -1.69. The predicted molar refractivity (Wildman–Crippen MR) is 91.8 cm³/mol. The van der Waals surface area contributed by atoms with Gasteiger partial charge in [-0.3, -0.25) is 0 Å². The van der Waals surface area contributed by atoms with Gasteiger partial charge < -0.3 is 4.90 Å². The Morgan fingerprint density at radius 2 is 1.91 bits per heavy atom. The van der Waals surface area contributed by atoms with Crippen molar-refractivity contribution in [3.05, 3.63) is 63.7 Å². The Morgan fingerprint density at radius 3 is 2.57 bits per heavy atom. The molecule has 2 nitrogen and oxygen atoms in total. The summed E-state index contributed by atoms with van der Waals surface area (Å²) in [7, 11) is 1.94. The van der Waals surface area contributed by atoms with E-state index < -0.39 is 11.6 Å². The molecular formula is C18H19ClF2N2. The highest BCUT2D eigenvalue weighted by Crippen LogP contribution is 2.29. The number of hydrogen-bond acceptors (Lipinski definition) is 1. The van der Waals surface area contributed by atoms with Crippen LogP contribution in [-0.2, 0) is 6.42 Å². The van der Waals surface area contributed by atoms with Crippen LogP contribution in [0.15, 0.2) is 35.3 Å². The molecule has 0 saturated heterocycles. The molecule has 0 aliphatic heterocycles. The molecule has 0 saturated carbocycles. The zero-order chi connectivity index (χ0) is 17.0. The summed E-state index contributed by atoms with van der Waals surface area (Å²) in [6, 6.07) is 7.56. The first-order valence-corrected chi connectivity index (χ1v) is 7.76. The van der Waals surface area contributed by atoms with Gasteiger partial charge >= 0.3 is 0 Å². The monoisotopic (exact) mass is 336 g/mol. The van der Waals surface area contributed by atoms with E-state index in [4.69, 9.17) is 11.6 Å². The molecule has 0 bridgehead atoms. The maximum Gasteiger partial charge on any atom is 0.159 e. The third-order valence-corrected chi connectivity index (χ3v) is 3.94. The number of hydrogen-bond donors (Lipinski definition) is 0. The zero-order valence-electron chi connectivity index (χ0n) is 13.4. The van der Waals surface area contributed by atoms with Crippen molar-refractivity contribution in [2.75, 3.05) is 13.6 Å². The van der Waals surface area contributed by atoms with Gasteiger partial charge in [0.25, 0.3) is 0 Å². The lowest BCUT2D eigenvalue weighted by molar-refractivity contribution is 0.507. The van der Waals surface area contributed by atoms with Crippen molar-refractivity contribution in [2.24, 2.45) is 4.99 Å². The van der Waals surface area contributed by atoms with Crippen LogP contribution in [0.4, 0.5) is 14.5 Å². The molecule has 23 heavy (non-hydrogen) atoms. The van der Waals surface area contributed by atoms with Crippen LogP contribution in [0.1, 0.15) is 23.6 Å². The summed E-state index contributed by atoms with van der Waals surface area (Å²) in [6.45, 7) is 4.83. The van der Waals surface area contributed by atoms with Crippen LogP contribution in [0.2, 0.25) is 5.02 Å². The topological polar surface area (TPSA) is 15.6 Å². The van der Waals surface area contributed by atoms with Crippen molar-refractivity contribution < 1.29 is 8.78 Å². The molecule has 0 aliphatic rings. The maximum atomic E-state index is 13.4. The van der Waals surface area contributed by atoms with Crippen LogP contribution >= 0.6 is 11.6 Å². The standard InChI is InChI=1S/C18H19ClF2N2/c1-4-23(3)11-22-18-10-15(19)9-14(12(18)2)7-13-5-6-16(20)17(21)8-13/h5-6,8-11H,4,7H2,1-3H3/b22-11-. The molecule has 0 aromatic heterocycles. The van der Waals surface area contributed by atoms with Gasteiger partial charge in [0.05, 0.1) is 12.0 Å². The molecule has 2 rings (SSSR count). The van der Waals surface area contributed by atoms with Gasteiger partial charge in [0.15, 0.2) is 11.6 Å². The fraction of sp³-hybridized carbons (Fsp3) is 0.278. The molecule has 2 aromatic carbocycles. The van der Waals surface area contributed by atoms with E-state index in [0.717, 1.165) is 29.4 Å². The number of aliphatic imine (C=N–C) groups is 1. The van der Waals surface area contributed by atoms with Crippen LogP contribution < -0.4 is 0 Å². The van der Waals surface area contributed by atoms with Crippen molar-refractivity contribution in [3.63, 3.8) is 0 Å². The van der Waals surface area contributed by atoms with E-state index in [2.05, 4.69) is 4.99 Å². The second-order valence-corrected chi connectivity index (χ2v) is 5.89. The molecule has 2 aromatic rings. The van der Waals surface area contributed by atoms with E-state index in [1.54, 1.807) is 18.5 Å². The number of rotatable bonds is 5. The normalized spacial score (nSPS) is 11.2. The van der Waals surface area contributed by atoms with Gasteiger partial charge in [0, 0.05) is 18.6 Å². The first-order chi connectivity index (χ1) is 10.9. The van der Waals surface area contributed by atoms with E-state index in [1.165, 1.54) is 6.07 Å². The number of benzene rings is 2. The Bertz CT molecular complexity index is 729. The van der Waals surface area contributed by atoms with Crippen molar-refractivity contribution in [1.82, 2.24) is 4.90 Å². The van der Waals surface area contributed by atoms with Gasteiger partial charge in [0.2, 0.25) is 0 Å². The van der Waals surface area contributed by atoms with Gasteiger partial charge in [-0.15, -0.1) is 0 Å². The largest absolute Gasteiger partial charge is 0.366 e. The highest BCUT2D eigenvalue weighted by molar-refractivity contribution is 6.31. The minimum atomic E-state index is -0.843. The Labute approximate surface area is 140 Å². The summed E-state index contributed by atoms with van der Waals surface area (Å²) in [5, 5.41) is 0.569. The van der Waals surface area contributed by atoms with Gasteiger partial charge in [-0.05, 0) is 61.2 Å². The summed E-state index contributed by atoms with van der Waals surface area (Å²) < 4.78 is 26.4. The Hall–Kier alpha value is -1.94. The van der Waals surface area contributed by atoms with Gasteiger partial charge in [0.1, 0.15) is 0 Å². The fourth-order valence-corrected chi connectivity index (χ4v) is 2.38. The minimum Gasteiger partial charge on any atom is -0.366 e. The van der Waals surface area contributed by atoms with Crippen molar-refractivity contribution in [1.29, 1.82) is 0 Å². The highest BCUT2D eigenvalue weighted by atomic mass is 35.5. The van der Waals surface area contributed by atoms with Crippen LogP contribution in [0.3, 0.4) is 0 Å². The van der Waals surface area contributed by atoms with Crippen LogP contribution in [0.25, 0.3) is 0 Å². The molecule has 5 heteroatoms. The Morgan fingerprint density at radius 1 is 1.17 bits per heavy atom. The van der Waals surface area contributed by atoms with E-state index in [9.17, 15) is 8.78 Å². The zero-order valence-corrected chi connectivity index (χ0v) is 14.2. The van der Waals surface area contributed by atoms with Crippen molar-refractivity contribution in [3.8, 4) is 0 Å². The van der Waals surface area contributed by atoms with E-state index in [1.807, 2.05) is 31.9 Å². The third-order valence-electron chi connectivity index (χ3n) is 3.72. The lowest BCUT2D eigenvalue weighted by Gasteiger charge is -2.12. The predicted octanol–water partition coefficient (Wildman–Crippen LogP) is 5.13. The number of halogens is 3. The Kier molecular flexibility index (Phi) is 5.72. The summed E-state index contributed by atoms with van der Waals surface area (Å²) in [5.41, 5.74) is 3.37. The molecule has 0 atom stereocenters. The molecule has 0 fully saturated rings. The molecule has 0 heterocycles. The second-order valence-electron chi connectivity index (χ2n) is 5.45. The SMILES string of the molecule is CCN(C)/C=N\c1cc(Cl)cc(Cc2ccc(F)c(F)c2)c1C. The molecule has 0 radical (unpaired) electrons. The molecule has 0 amide bonds. The van der Waals surface area contributed by atoms with E-state index in [-0.39, 0.29) is 0 Å². The van der Waals surface area contributed by atoms with Gasteiger partial charge in [-0.1, -0.05) is 17.7 Å². The van der Waals surface area contributed by atoms with E-state index in [0.29, 0.717) is 17.0 Å². The summed E-state index contributed by atoms with van der Waals surface area (Å²) in [6.07, 6.45) is 2.22. The van der Waals surface area contributed by atoms with Crippen LogP contribution in [0, 0.1) is 18.6 Å². The summed E-state index contributed by atoms with van der Waals surface area (Å²) >= 11 is 6.17. The Balaban J connectivity index is 2.33. The first kappa shape index (κ1) is 17.4. The lowest BCUT2D eigenvalue weighted by atomic mass is 9.99. The summed E-state index contributed by atoms with van der Waals surface area (Å²) in [4.78, 5) is 6.41. The van der Waals surface area contributed by atoms with Crippen molar-refractivity contribution >= 4 is 23.6 Å². The first-order valence-electron chi connectivity index (χ1n) is 7.38. The highest BCUT2D eigenvalue weighted by Gasteiger charge is 2.09. The average molecular weight is 337 g/mol. The maximum absolute atomic E-state index is 13.4. The van der Waals surface area contributed by atoms with Gasteiger partial charge in [-0.25, -0.2) is 13.8 Å². The molecule has 0 unspecified atom stereocenters. The second kappa shape index (κ2) is 7.55. The average Bonchev–Trinajstić information content (AvgIpc) is 2.52. The molecule has 122 valence electrons. The quantitative estimate of drug-likeness (QED) is 0.546. The third kappa shape index (κ3) is 4.52. The minimum absolute atomic E-state index is 0.468. The fourth-order valence-electron chi connectivity index (χ4n) is 2.15. The van der Waals surface area contributed by atoms with Gasteiger partial charge in [-0.2, -0.15) is 0 Å². The number of nitrogens with zero attached hydrogens (tertiary/aromatic N) is 2.